The number of benzene rings is 1. The van der Waals surface area contributed by atoms with Gasteiger partial charge in [-0.3, -0.25) is 0 Å². The summed E-state index contributed by atoms with van der Waals surface area (Å²) >= 11 is 0. The summed E-state index contributed by atoms with van der Waals surface area (Å²) in [5, 5.41) is 3.32. The fourth-order valence-corrected chi connectivity index (χ4v) is 4.67. The van der Waals surface area contributed by atoms with Gasteiger partial charge in [0.1, 0.15) is 0 Å². The largest absolute Gasteiger partial charge is 0.317 e. The number of hydrogen-bond donors (Lipinski definition) is 1. The number of hydrogen-bond acceptors (Lipinski definition) is 3. The van der Waals surface area contributed by atoms with Crippen molar-refractivity contribution in [2.75, 3.05) is 18.8 Å². The molecular formula is C15H22N2O2S. The predicted octanol–water partition coefficient (Wildman–Crippen LogP) is 1.72. The molecule has 0 bridgehead atoms. The van der Waals surface area contributed by atoms with Gasteiger partial charge in [-0.15, -0.1) is 0 Å². The Morgan fingerprint density at radius 1 is 1.10 bits per heavy atom. The van der Waals surface area contributed by atoms with E-state index in [1.165, 1.54) is 0 Å². The van der Waals surface area contributed by atoms with Gasteiger partial charge in [-0.05, 0) is 49.4 Å². The molecule has 0 spiro atoms. The Labute approximate surface area is 121 Å². The highest BCUT2D eigenvalue weighted by Gasteiger charge is 2.29. The first-order valence-corrected chi connectivity index (χ1v) is 9.01. The maximum absolute atomic E-state index is 12.5. The van der Waals surface area contributed by atoms with Crippen LogP contribution in [0, 0.1) is 5.92 Å². The molecule has 0 aromatic heterocycles. The minimum atomic E-state index is -3.11. The molecule has 3 rings (SSSR count). The van der Waals surface area contributed by atoms with Gasteiger partial charge < -0.3 is 5.32 Å². The smallest absolute Gasteiger partial charge is 0.214 e. The van der Waals surface area contributed by atoms with E-state index < -0.39 is 10.0 Å². The Hall–Kier alpha value is -0.910. The quantitative estimate of drug-likeness (QED) is 0.920. The minimum Gasteiger partial charge on any atom is -0.317 e. The number of nitrogens with one attached hydrogen (secondary N) is 1. The number of rotatable bonds is 4. The Bertz CT molecular complexity index is 540. The molecule has 2 aliphatic rings. The summed E-state index contributed by atoms with van der Waals surface area (Å²) in [6.07, 6.45) is 3.02. The van der Waals surface area contributed by atoms with Gasteiger partial charge >= 0.3 is 0 Å². The van der Waals surface area contributed by atoms with Crippen molar-refractivity contribution in [3.05, 3.63) is 35.4 Å². The van der Waals surface area contributed by atoms with Gasteiger partial charge in [-0.25, -0.2) is 8.42 Å². The number of nitrogens with zero attached hydrogens (tertiary/aromatic N) is 1. The van der Waals surface area contributed by atoms with Crippen molar-refractivity contribution in [1.29, 1.82) is 0 Å². The van der Waals surface area contributed by atoms with Crippen LogP contribution in [0.5, 0.6) is 0 Å². The summed E-state index contributed by atoms with van der Waals surface area (Å²) in [6.45, 7) is 3.15. The van der Waals surface area contributed by atoms with Crippen molar-refractivity contribution in [2.45, 2.75) is 32.4 Å². The van der Waals surface area contributed by atoms with Crippen molar-refractivity contribution in [1.82, 2.24) is 9.62 Å². The highest BCUT2D eigenvalue weighted by atomic mass is 32.2. The van der Waals surface area contributed by atoms with E-state index in [2.05, 4.69) is 5.32 Å². The van der Waals surface area contributed by atoms with Crippen molar-refractivity contribution in [2.24, 2.45) is 5.92 Å². The average molecular weight is 294 g/mol. The van der Waals surface area contributed by atoms with Crippen LogP contribution in [-0.4, -0.2) is 31.6 Å². The minimum absolute atomic E-state index is 0.297. The maximum atomic E-state index is 12.5. The van der Waals surface area contributed by atoms with Crippen molar-refractivity contribution >= 4 is 10.0 Å². The Balaban J connectivity index is 1.59. The van der Waals surface area contributed by atoms with Crippen LogP contribution in [0.4, 0.5) is 0 Å². The highest BCUT2D eigenvalue weighted by molar-refractivity contribution is 7.89. The first-order valence-electron chi connectivity index (χ1n) is 7.40. The maximum Gasteiger partial charge on any atom is 0.214 e. The molecule has 1 aromatic carbocycles. The summed E-state index contributed by atoms with van der Waals surface area (Å²) in [5.41, 5.74) is 2.30. The molecule has 5 heteroatoms. The van der Waals surface area contributed by atoms with E-state index in [-0.39, 0.29) is 0 Å². The molecule has 1 aromatic rings. The molecule has 0 saturated carbocycles. The zero-order valence-corrected chi connectivity index (χ0v) is 12.5. The van der Waals surface area contributed by atoms with Crippen LogP contribution in [0.25, 0.3) is 0 Å². The van der Waals surface area contributed by atoms with Gasteiger partial charge in [-0.2, -0.15) is 4.31 Å². The van der Waals surface area contributed by atoms with E-state index in [1.807, 2.05) is 24.3 Å². The molecule has 0 amide bonds. The SMILES string of the molecule is O=S(=O)(CCC1CCNCC1)N1Cc2ccccc2C1. The average Bonchev–Trinajstić information content (AvgIpc) is 2.91. The van der Waals surface area contributed by atoms with Gasteiger partial charge in [0.15, 0.2) is 0 Å². The molecule has 0 unspecified atom stereocenters. The summed E-state index contributed by atoms with van der Waals surface area (Å²) in [7, 11) is -3.11. The van der Waals surface area contributed by atoms with Crippen molar-refractivity contribution in [3.8, 4) is 0 Å². The zero-order chi connectivity index (χ0) is 14.0. The molecule has 1 fully saturated rings. The molecule has 1 saturated heterocycles. The van der Waals surface area contributed by atoms with E-state index in [0.717, 1.165) is 43.5 Å². The van der Waals surface area contributed by atoms with Crippen LogP contribution in [0.15, 0.2) is 24.3 Å². The summed E-state index contributed by atoms with van der Waals surface area (Å²) in [4.78, 5) is 0. The van der Waals surface area contributed by atoms with Crippen molar-refractivity contribution in [3.63, 3.8) is 0 Å². The van der Waals surface area contributed by atoms with Crippen LogP contribution < -0.4 is 5.32 Å². The lowest BCUT2D eigenvalue weighted by Crippen LogP contribution is -2.32. The third-order valence-electron chi connectivity index (χ3n) is 4.45. The number of piperidine rings is 1. The molecule has 110 valence electrons. The molecule has 2 aliphatic heterocycles. The van der Waals surface area contributed by atoms with E-state index >= 15 is 0 Å². The highest BCUT2D eigenvalue weighted by Crippen LogP contribution is 2.26. The third kappa shape index (κ3) is 3.05. The van der Waals surface area contributed by atoms with Crippen LogP contribution in [0.1, 0.15) is 30.4 Å². The summed E-state index contributed by atoms with van der Waals surface area (Å²) in [6, 6.07) is 8.00. The Kier molecular flexibility index (Phi) is 4.10. The Morgan fingerprint density at radius 3 is 2.30 bits per heavy atom. The molecule has 0 radical (unpaired) electrons. The second kappa shape index (κ2) is 5.84. The number of sulfonamides is 1. The fraction of sp³-hybridized carbons (Fsp3) is 0.600. The van der Waals surface area contributed by atoms with Crippen LogP contribution >= 0.6 is 0 Å². The predicted molar refractivity (Wildman–Crippen MR) is 79.7 cm³/mol. The third-order valence-corrected chi connectivity index (χ3v) is 6.24. The lowest BCUT2D eigenvalue weighted by molar-refractivity contribution is 0.360. The molecule has 20 heavy (non-hydrogen) atoms. The van der Waals surface area contributed by atoms with Crippen molar-refractivity contribution < 1.29 is 8.42 Å². The molecular weight excluding hydrogens is 272 g/mol. The monoisotopic (exact) mass is 294 g/mol. The first kappa shape index (κ1) is 14.0. The van der Waals surface area contributed by atoms with Crippen LogP contribution in [0.3, 0.4) is 0 Å². The summed E-state index contributed by atoms with van der Waals surface area (Å²) < 4.78 is 26.5. The molecule has 4 nitrogen and oxygen atoms in total. The standard InChI is InChI=1S/C15H22N2O2S/c18-20(19,10-7-13-5-8-16-9-6-13)17-11-14-3-1-2-4-15(14)12-17/h1-4,13,16H,5-12H2. The van der Waals surface area contributed by atoms with E-state index in [9.17, 15) is 8.42 Å². The molecule has 1 N–H and O–H groups in total. The van der Waals surface area contributed by atoms with E-state index in [1.54, 1.807) is 4.31 Å². The van der Waals surface area contributed by atoms with Gasteiger partial charge in [0.2, 0.25) is 10.0 Å². The van der Waals surface area contributed by atoms with E-state index in [4.69, 9.17) is 0 Å². The van der Waals surface area contributed by atoms with Crippen LogP contribution in [-0.2, 0) is 23.1 Å². The van der Waals surface area contributed by atoms with Gasteiger partial charge in [0.05, 0.1) is 5.75 Å². The van der Waals surface area contributed by atoms with Gasteiger partial charge in [0.25, 0.3) is 0 Å². The summed E-state index contributed by atoms with van der Waals surface area (Å²) in [5.74, 6) is 0.863. The second-order valence-electron chi connectivity index (χ2n) is 5.83. The second-order valence-corrected chi connectivity index (χ2v) is 7.92. The normalized spacial score (nSPS) is 21.0. The molecule has 0 aliphatic carbocycles. The number of fused-ring (bicyclic) bond motifs is 1. The first-order chi connectivity index (χ1) is 9.65. The van der Waals surface area contributed by atoms with E-state index in [0.29, 0.717) is 24.8 Å². The lowest BCUT2D eigenvalue weighted by Gasteiger charge is -2.23. The van der Waals surface area contributed by atoms with Gasteiger partial charge in [0, 0.05) is 13.1 Å². The van der Waals surface area contributed by atoms with Gasteiger partial charge in [-0.1, -0.05) is 24.3 Å². The topological polar surface area (TPSA) is 49.4 Å². The molecule has 0 atom stereocenters. The lowest BCUT2D eigenvalue weighted by atomic mass is 9.96. The molecule has 2 heterocycles. The van der Waals surface area contributed by atoms with Crippen LogP contribution in [0.2, 0.25) is 0 Å². The zero-order valence-electron chi connectivity index (χ0n) is 11.7. The fourth-order valence-electron chi connectivity index (χ4n) is 3.11. The Morgan fingerprint density at radius 2 is 1.70 bits per heavy atom.